The van der Waals surface area contributed by atoms with Gasteiger partial charge in [0.15, 0.2) is 0 Å². The zero-order valence-electron chi connectivity index (χ0n) is 11.5. The molecule has 0 bridgehead atoms. The maximum atomic E-state index is 4.70. The van der Waals surface area contributed by atoms with E-state index in [-0.39, 0.29) is 0 Å². The van der Waals surface area contributed by atoms with E-state index in [1.54, 1.807) is 0 Å². The number of halogens is 1. The molecule has 0 aliphatic heterocycles. The molecule has 0 atom stereocenters. The lowest BCUT2D eigenvalue weighted by atomic mass is 10.2. The summed E-state index contributed by atoms with van der Waals surface area (Å²) in [4.78, 5) is 7.21. The fraction of sp³-hybridized carbons (Fsp3) is 0.667. The monoisotopic (exact) mass is 323 g/mol. The second-order valence-corrected chi connectivity index (χ2v) is 6.63. The highest BCUT2D eigenvalue weighted by molar-refractivity contribution is 9.10. The van der Waals surface area contributed by atoms with E-state index in [1.165, 1.54) is 43.5 Å². The Bertz CT molecular complexity index is 441. The third-order valence-electron chi connectivity index (χ3n) is 3.79. The molecule has 1 heterocycles. The van der Waals surface area contributed by atoms with Gasteiger partial charge in [0.1, 0.15) is 5.82 Å². The number of anilines is 1. The van der Waals surface area contributed by atoms with Gasteiger partial charge in [0.25, 0.3) is 0 Å². The van der Waals surface area contributed by atoms with Crippen LogP contribution in [0.3, 0.4) is 0 Å². The predicted molar refractivity (Wildman–Crippen MR) is 82.5 cm³/mol. The van der Waals surface area contributed by atoms with Crippen LogP contribution in [0.4, 0.5) is 5.82 Å². The topological polar surface area (TPSA) is 28.2 Å². The first-order valence-electron chi connectivity index (χ1n) is 7.42. The zero-order chi connectivity index (χ0) is 13.2. The Labute approximate surface area is 123 Å². The van der Waals surface area contributed by atoms with Crippen molar-refractivity contribution in [1.29, 1.82) is 0 Å². The Kier molecular flexibility index (Phi) is 4.08. The van der Waals surface area contributed by atoms with Crippen molar-refractivity contribution < 1.29 is 0 Å². The SMILES string of the molecule is CCCN(c1ncc(Br)cc1CNC1CC1)C1CC1. The quantitative estimate of drug-likeness (QED) is 0.832. The normalized spacial score (nSPS) is 18.6. The van der Waals surface area contributed by atoms with Gasteiger partial charge in [0.05, 0.1) is 0 Å². The van der Waals surface area contributed by atoms with Gasteiger partial charge in [0.2, 0.25) is 0 Å². The molecule has 0 saturated heterocycles. The number of pyridine rings is 1. The Balaban J connectivity index is 1.79. The number of nitrogens with one attached hydrogen (secondary N) is 1. The molecule has 0 spiro atoms. The molecule has 4 heteroatoms. The Morgan fingerprint density at radius 2 is 2.16 bits per heavy atom. The molecule has 1 N–H and O–H groups in total. The van der Waals surface area contributed by atoms with Crippen LogP contribution in [-0.4, -0.2) is 23.6 Å². The minimum atomic E-state index is 0.730. The van der Waals surface area contributed by atoms with E-state index in [1.807, 2.05) is 6.20 Å². The number of hydrogen-bond donors (Lipinski definition) is 1. The van der Waals surface area contributed by atoms with Crippen molar-refractivity contribution in [2.75, 3.05) is 11.4 Å². The fourth-order valence-electron chi connectivity index (χ4n) is 2.49. The molecular formula is C15H22BrN3. The van der Waals surface area contributed by atoms with Crippen LogP contribution in [0, 0.1) is 0 Å². The molecule has 1 aromatic rings. The molecule has 2 aliphatic rings. The largest absolute Gasteiger partial charge is 0.353 e. The maximum absolute atomic E-state index is 4.70. The van der Waals surface area contributed by atoms with Crippen LogP contribution in [0.5, 0.6) is 0 Å². The summed E-state index contributed by atoms with van der Waals surface area (Å²) in [6, 6.07) is 3.70. The molecule has 3 nitrogen and oxygen atoms in total. The molecule has 104 valence electrons. The van der Waals surface area contributed by atoms with Gasteiger partial charge in [-0.1, -0.05) is 6.92 Å². The van der Waals surface area contributed by atoms with E-state index in [9.17, 15) is 0 Å². The Morgan fingerprint density at radius 3 is 2.79 bits per heavy atom. The zero-order valence-corrected chi connectivity index (χ0v) is 13.1. The first-order valence-corrected chi connectivity index (χ1v) is 8.21. The number of rotatable bonds is 7. The Morgan fingerprint density at radius 1 is 1.37 bits per heavy atom. The van der Waals surface area contributed by atoms with Gasteiger partial charge in [-0.2, -0.15) is 0 Å². The molecule has 0 unspecified atom stereocenters. The van der Waals surface area contributed by atoms with E-state index < -0.39 is 0 Å². The molecular weight excluding hydrogens is 302 g/mol. The highest BCUT2D eigenvalue weighted by Gasteiger charge is 2.31. The average Bonchev–Trinajstić information content (AvgIpc) is 3.28. The summed E-state index contributed by atoms with van der Waals surface area (Å²) in [5.41, 5.74) is 1.33. The fourth-order valence-corrected chi connectivity index (χ4v) is 2.87. The van der Waals surface area contributed by atoms with E-state index in [0.717, 1.165) is 29.6 Å². The molecule has 0 radical (unpaired) electrons. The molecule has 0 aromatic carbocycles. The van der Waals surface area contributed by atoms with Crippen molar-refractivity contribution in [3.63, 3.8) is 0 Å². The van der Waals surface area contributed by atoms with Gasteiger partial charge >= 0.3 is 0 Å². The Hall–Kier alpha value is -0.610. The first-order chi connectivity index (χ1) is 9.28. The molecule has 1 aromatic heterocycles. The lowest BCUT2D eigenvalue weighted by molar-refractivity contribution is 0.674. The summed E-state index contributed by atoms with van der Waals surface area (Å²) in [5.74, 6) is 1.20. The summed E-state index contributed by atoms with van der Waals surface area (Å²) in [6.45, 7) is 4.31. The number of hydrogen-bond acceptors (Lipinski definition) is 3. The van der Waals surface area contributed by atoms with E-state index in [2.05, 4.69) is 39.1 Å². The second kappa shape index (κ2) is 5.80. The van der Waals surface area contributed by atoms with Crippen molar-refractivity contribution in [3.05, 3.63) is 22.3 Å². The van der Waals surface area contributed by atoms with Crippen LogP contribution in [0.15, 0.2) is 16.7 Å². The molecule has 2 fully saturated rings. The van der Waals surface area contributed by atoms with E-state index >= 15 is 0 Å². The van der Waals surface area contributed by atoms with Crippen molar-refractivity contribution in [2.45, 2.75) is 57.7 Å². The molecule has 19 heavy (non-hydrogen) atoms. The third kappa shape index (κ3) is 3.48. The van der Waals surface area contributed by atoms with Crippen LogP contribution in [-0.2, 0) is 6.54 Å². The van der Waals surface area contributed by atoms with Gasteiger partial charge in [-0.15, -0.1) is 0 Å². The van der Waals surface area contributed by atoms with Gasteiger partial charge in [-0.05, 0) is 54.1 Å². The summed E-state index contributed by atoms with van der Waals surface area (Å²) < 4.78 is 1.08. The summed E-state index contributed by atoms with van der Waals surface area (Å²) >= 11 is 3.55. The van der Waals surface area contributed by atoms with E-state index in [4.69, 9.17) is 4.98 Å². The van der Waals surface area contributed by atoms with Crippen molar-refractivity contribution in [2.24, 2.45) is 0 Å². The third-order valence-corrected chi connectivity index (χ3v) is 4.23. The summed E-state index contributed by atoms with van der Waals surface area (Å²) in [6.07, 6.45) is 8.43. The first kappa shape index (κ1) is 13.4. The highest BCUT2D eigenvalue weighted by Crippen LogP contribution is 2.33. The van der Waals surface area contributed by atoms with Gasteiger partial charge in [-0.3, -0.25) is 0 Å². The van der Waals surface area contributed by atoms with Crippen LogP contribution < -0.4 is 10.2 Å². The lowest BCUT2D eigenvalue weighted by Crippen LogP contribution is -2.29. The standard InChI is InChI=1S/C15H22BrN3/c1-2-7-19(14-5-6-14)15-11(8-12(16)10-18-15)9-17-13-3-4-13/h8,10,13-14,17H,2-7,9H2,1H3. The van der Waals surface area contributed by atoms with Gasteiger partial charge in [0, 0.05) is 41.4 Å². The maximum Gasteiger partial charge on any atom is 0.133 e. The van der Waals surface area contributed by atoms with Gasteiger partial charge in [-0.25, -0.2) is 4.98 Å². The molecule has 3 rings (SSSR count). The summed E-state index contributed by atoms with van der Waals surface area (Å²) in [7, 11) is 0. The molecule has 0 amide bonds. The number of aromatic nitrogens is 1. The van der Waals surface area contributed by atoms with Crippen LogP contribution in [0.25, 0.3) is 0 Å². The minimum absolute atomic E-state index is 0.730. The number of nitrogens with zero attached hydrogens (tertiary/aromatic N) is 2. The van der Waals surface area contributed by atoms with Crippen molar-refractivity contribution in [1.82, 2.24) is 10.3 Å². The van der Waals surface area contributed by atoms with Crippen molar-refractivity contribution in [3.8, 4) is 0 Å². The lowest BCUT2D eigenvalue weighted by Gasteiger charge is -2.25. The second-order valence-electron chi connectivity index (χ2n) is 5.72. The molecule has 2 saturated carbocycles. The van der Waals surface area contributed by atoms with Crippen molar-refractivity contribution >= 4 is 21.7 Å². The van der Waals surface area contributed by atoms with Crippen LogP contribution in [0.2, 0.25) is 0 Å². The van der Waals surface area contributed by atoms with Crippen LogP contribution >= 0.6 is 15.9 Å². The smallest absolute Gasteiger partial charge is 0.133 e. The molecule has 2 aliphatic carbocycles. The highest BCUT2D eigenvalue weighted by atomic mass is 79.9. The minimum Gasteiger partial charge on any atom is -0.353 e. The van der Waals surface area contributed by atoms with Gasteiger partial charge < -0.3 is 10.2 Å². The van der Waals surface area contributed by atoms with E-state index in [0.29, 0.717) is 0 Å². The van der Waals surface area contributed by atoms with Crippen LogP contribution in [0.1, 0.15) is 44.6 Å². The average molecular weight is 324 g/mol. The predicted octanol–water partition coefficient (Wildman–Crippen LogP) is 3.47. The summed E-state index contributed by atoms with van der Waals surface area (Å²) in [5, 5.41) is 3.61.